The van der Waals surface area contributed by atoms with E-state index in [1.807, 2.05) is 24.0 Å². The highest BCUT2D eigenvalue weighted by atomic mass is 16.5. The zero-order valence-electron chi connectivity index (χ0n) is 13.7. The van der Waals surface area contributed by atoms with Crippen molar-refractivity contribution < 1.29 is 14.3 Å². The van der Waals surface area contributed by atoms with Gasteiger partial charge in [0.1, 0.15) is 5.82 Å². The van der Waals surface area contributed by atoms with E-state index in [2.05, 4.69) is 9.88 Å². The first-order valence-corrected chi connectivity index (χ1v) is 8.48. The molecule has 1 aromatic rings. The number of nitrogens with zero attached hydrogens (tertiary/aromatic N) is 3. The Kier molecular flexibility index (Phi) is 5.46. The van der Waals surface area contributed by atoms with Crippen molar-refractivity contribution in [3.8, 4) is 0 Å². The number of hydrogen-bond donors (Lipinski definition) is 0. The van der Waals surface area contributed by atoms with Gasteiger partial charge in [-0.05, 0) is 31.9 Å². The molecule has 1 aromatic heterocycles. The van der Waals surface area contributed by atoms with Crippen LogP contribution in [-0.2, 0) is 9.47 Å². The molecule has 0 unspecified atom stereocenters. The molecule has 1 amide bonds. The van der Waals surface area contributed by atoms with Crippen LogP contribution in [0.1, 0.15) is 30.1 Å². The summed E-state index contributed by atoms with van der Waals surface area (Å²) in [6.07, 6.45) is 3.86. The zero-order chi connectivity index (χ0) is 16.1. The number of likely N-dealkylation sites (tertiary alicyclic amines) is 1. The molecule has 2 aliphatic heterocycles. The fourth-order valence-electron chi connectivity index (χ4n) is 3.22. The van der Waals surface area contributed by atoms with E-state index < -0.39 is 0 Å². The molecule has 0 saturated carbocycles. The molecule has 0 N–H and O–H groups in total. The number of piperidine rings is 1. The van der Waals surface area contributed by atoms with E-state index >= 15 is 0 Å². The van der Waals surface area contributed by atoms with Gasteiger partial charge in [0.2, 0.25) is 0 Å². The minimum atomic E-state index is 0.0783. The Bertz CT molecular complexity index is 524. The third kappa shape index (κ3) is 3.82. The summed E-state index contributed by atoms with van der Waals surface area (Å²) in [6, 6.07) is 3.72. The first-order chi connectivity index (χ1) is 11.3. The third-order valence-electron chi connectivity index (χ3n) is 4.46. The second kappa shape index (κ2) is 7.75. The standard InChI is InChI=1S/C17H25N3O3/c1-2-23-14-5-8-20(9-6-14)17(21)15-4-3-7-18-16(15)19-10-12-22-13-11-19/h3-4,7,14H,2,5-6,8-13H2,1H3. The number of amides is 1. The summed E-state index contributed by atoms with van der Waals surface area (Å²) in [5.74, 6) is 0.863. The van der Waals surface area contributed by atoms with Gasteiger partial charge in [0.05, 0.1) is 24.9 Å². The highest BCUT2D eigenvalue weighted by molar-refractivity contribution is 5.99. The van der Waals surface area contributed by atoms with Crippen LogP contribution in [0.15, 0.2) is 18.3 Å². The van der Waals surface area contributed by atoms with E-state index in [1.54, 1.807) is 6.20 Å². The minimum Gasteiger partial charge on any atom is -0.378 e. The van der Waals surface area contributed by atoms with Gasteiger partial charge in [-0.2, -0.15) is 0 Å². The molecule has 6 heteroatoms. The smallest absolute Gasteiger partial charge is 0.257 e. The largest absolute Gasteiger partial charge is 0.378 e. The van der Waals surface area contributed by atoms with Crippen molar-refractivity contribution in [2.45, 2.75) is 25.9 Å². The maximum atomic E-state index is 12.9. The topological polar surface area (TPSA) is 54.9 Å². The number of pyridine rings is 1. The summed E-state index contributed by atoms with van der Waals surface area (Å²) >= 11 is 0. The molecule has 0 atom stereocenters. The average Bonchev–Trinajstić information content (AvgIpc) is 2.63. The molecule has 23 heavy (non-hydrogen) atoms. The van der Waals surface area contributed by atoms with Crippen molar-refractivity contribution in [3.05, 3.63) is 23.9 Å². The molecule has 0 aliphatic carbocycles. The van der Waals surface area contributed by atoms with Crippen LogP contribution in [-0.4, -0.2) is 67.9 Å². The molecule has 2 saturated heterocycles. The van der Waals surface area contributed by atoms with Crippen molar-refractivity contribution >= 4 is 11.7 Å². The fourth-order valence-corrected chi connectivity index (χ4v) is 3.22. The van der Waals surface area contributed by atoms with Crippen LogP contribution in [0.2, 0.25) is 0 Å². The van der Waals surface area contributed by atoms with E-state index in [0.717, 1.165) is 51.4 Å². The molecule has 0 radical (unpaired) electrons. The number of hydrogen-bond acceptors (Lipinski definition) is 5. The number of morpholine rings is 1. The first kappa shape index (κ1) is 16.2. The maximum absolute atomic E-state index is 12.9. The fraction of sp³-hybridized carbons (Fsp3) is 0.647. The van der Waals surface area contributed by atoms with Crippen LogP contribution in [0.5, 0.6) is 0 Å². The van der Waals surface area contributed by atoms with Crippen LogP contribution < -0.4 is 4.90 Å². The predicted octanol–water partition coefficient (Wildman–Crippen LogP) is 1.56. The second-order valence-electron chi connectivity index (χ2n) is 5.92. The Morgan fingerprint density at radius 2 is 2.04 bits per heavy atom. The zero-order valence-corrected chi connectivity index (χ0v) is 13.7. The normalized spacial score (nSPS) is 19.9. The SMILES string of the molecule is CCOC1CCN(C(=O)c2cccnc2N2CCOCC2)CC1. The Hall–Kier alpha value is -1.66. The lowest BCUT2D eigenvalue weighted by Gasteiger charge is -2.33. The van der Waals surface area contributed by atoms with Crippen LogP contribution in [0.4, 0.5) is 5.82 Å². The number of rotatable bonds is 4. The number of carbonyl (C=O) groups excluding carboxylic acids is 1. The molecule has 0 spiro atoms. The van der Waals surface area contributed by atoms with Crippen LogP contribution in [0.25, 0.3) is 0 Å². The summed E-state index contributed by atoms with van der Waals surface area (Å²) in [6.45, 7) is 7.19. The number of anilines is 1. The molecule has 126 valence electrons. The minimum absolute atomic E-state index is 0.0783. The number of ether oxygens (including phenoxy) is 2. The van der Waals surface area contributed by atoms with E-state index in [9.17, 15) is 4.79 Å². The maximum Gasteiger partial charge on any atom is 0.257 e. The highest BCUT2D eigenvalue weighted by Crippen LogP contribution is 2.22. The molecule has 2 aliphatic rings. The van der Waals surface area contributed by atoms with Gasteiger partial charge in [0, 0.05) is 39.0 Å². The Balaban J connectivity index is 1.70. The van der Waals surface area contributed by atoms with E-state index in [-0.39, 0.29) is 12.0 Å². The van der Waals surface area contributed by atoms with Crippen LogP contribution in [0, 0.1) is 0 Å². The van der Waals surface area contributed by atoms with Crippen LogP contribution in [0.3, 0.4) is 0 Å². The molecule has 3 heterocycles. The van der Waals surface area contributed by atoms with Crippen LogP contribution >= 0.6 is 0 Å². The lowest BCUT2D eigenvalue weighted by Crippen LogP contribution is -2.42. The summed E-state index contributed by atoms with van der Waals surface area (Å²) in [5.41, 5.74) is 0.698. The second-order valence-corrected chi connectivity index (χ2v) is 5.92. The van der Waals surface area contributed by atoms with Crippen molar-refractivity contribution in [1.29, 1.82) is 0 Å². The highest BCUT2D eigenvalue weighted by Gasteiger charge is 2.27. The molecular weight excluding hydrogens is 294 g/mol. The average molecular weight is 319 g/mol. The quantitative estimate of drug-likeness (QED) is 0.843. The summed E-state index contributed by atoms with van der Waals surface area (Å²) in [4.78, 5) is 21.4. The third-order valence-corrected chi connectivity index (χ3v) is 4.46. The van der Waals surface area contributed by atoms with E-state index in [4.69, 9.17) is 9.47 Å². The summed E-state index contributed by atoms with van der Waals surface area (Å²) in [5, 5.41) is 0. The monoisotopic (exact) mass is 319 g/mol. The van der Waals surface area contributed by atoms with E-state index in [0.29, 0.717) is 18.8 Å². The van der Waals surface area contributed by atoms with Gasteiger partial charge in [-0.1, -0.05) is 0 Å². The van der Waals surface area contributed by atoms with Crippen molar-refractivity contribution in [3.63, 3.8) is 0 Å². The lowest BCUT2D eigenvalue weighted by atomic mass is 10.1. The predicted molar refractivity (Wildman–Crippen MR) is 87.8 cm³/mol. The molecular formula is C17H25N3O3. The Morgan fingerprint density at radius 1 is 1.30 bits per heavy atom. The summed E-state index contributed by atoms with van der Waals surface area (Å²) < 4.78 is 11.1. The Morgan fingerprint density at radius 3 is 2.74 bits per heavy atom. The van der Waals surface area contributed by atoms with Gasteiger partial charge >= 0.3 is 0 Å². The Labute approximate surface area is 137 Å². The van der Waals surface area contributed by atoms with Gasteiger partial charge < -0.3 is 19.3 Å². The van der Waals surface area contributed by atoms with Gasteiger partial charge in [0.15, 0.2) is 0 Å². The lowest BCUT2D eigenvalue weighted by molar-refractivity contribution is 0.0146. The van der Waals surface area contributed by atoms with Crippen molar-refractivity contribution in [2.24, 2.45) is 0 Å². The molecule has 3 rings (SSSR count). The van der Waals surface area contributed by atoms with Gasteiger partial charge in [-0.25, -0.2) is 4.98 Å². The number of carbonyl (C=O) groups is 1. The molecule has 0 aromatic carbocycles. The van der Waals surface area contributed by atoms with Gasteiger partial charge in [-0.15, -0.1) is 0 Å². The molecule has 2 fully saturated rings. The number of aromatic nitrogens is 1. The van der Waals surface area contributed by atoms with Gasteiger partial charge in [-0.3, -0.25) is 4.79 Å². The molecule has 0 bridgehead atoms. The summed E-state index contributed by atoms with van der Waals surface area (Å²) in [7, 11) is 0. The van der Waals surface area contributed by atoms with E-state index in [1.165, 1.54) is 0 Å². The van der Waals surface area contributed by atoms with Gasteiger partial charge in [0.25, 0.3) is 5.91 Å². The van der Waals surface area contributed by atoms with Crippen molar-refractivity contribution in [2.75, 3.05) is 50.9 Å². The van der Waals surface area contributed by atoms with Crippen molar-refractivity contribution in [1.82, 2.24) is 9.88 Å². The molecule has 6 nitrogen and oxygen atoms in total. The first-order valence-electron chi connectivity index (χ1n) is 8.48.